The van der Waals surface area contributed by atoms with Crippen LogP contribution in [0.4, 0.5) is 0 Å². The molecule has 0 amide bonds. The molecular weight excluding hydrogens is 370 g/mol. The first-order valence-corrected chi connectivity index (χ1v) is 7.84. The van der Waals surface area contributed by atoms with E-state index in [2.05, 4.69) is 73.6 Å². The summed E-state index contributed by atoms with van der Waals surface area (Å²) in [5, 5.41) is 7.91. The van der Waals surface area contributed by atoms with Gasteiger partial charge in [-0.15, -0.1) is 0 Å². The third-order valence-corrected chi connectivity index (χ3v) is 4.83. The molecule has 2 rings (SSSR count). The maximum absolute atomic E-state index is 4.44. The second-order valence-electron chi connectivity index (χ2n) is 4.48. The van der Waals surface area contributed by atoms with Crippen molar-refractivity contribution in [1.82, 2.24) is 15.1 Å². The molecule has 0 spiro atoms. The highest BCUT2D eigenvalue weighted by molar-refractivity contribution is 9.13. The molecule has 0 unspecified atom stereocenters. The van der Waals surface area contributed by atoms with Crippen LogP contribution in [-0.2, 0) is 26.6 Å². The highest BCUT2D eigenvalue weighted by Gasteiger charge is 2.05. The summed E-state index contributed by atoms with van der Waals surface area (Å²) in [4.78, 5) is 0. The van der Waals surface area contributed by atoms with Crippen molar-refractivity contribution in [3.05, 3.63) is 50.2 Å². The number of nitrogens with zero attached hydrogens (tertiary/aromatic N) is 2. The lowest BCUT2D eigenvalue weighted by Crippen LogP contribution is -2.13. The van der Waals surface area contributed by atoms with Gasteiger partial charge in [-0.05, 0) is 56.0 Å². The Kier molecular flexibility index (Phi) is 5.19. The molecule has 2 aromatic rings. The lowest BCUT2D eigenvalue weighted by molar-refractivity contribution is 0.688. The average molecular weight is 387 g/mol. The molecule has 0 saturated carbocycles. The highest BCUT2D eigenvalue weighted by Crippen LogP contribution is 2.23. The number of hydrogen-bond acceptors (Lipinski definition) is 2. The topological polar surface area (TPSA) is 29.9 Å². The summed E-state index contributed by atoms with van der Waals surface area (Å²) in [5.41, 5.74) is 3.71. The summed E-state index contributed by atoms with van der Waals surface area (Å²) < 4.78 is 4.05. The number of rotatable bonds is 5. The van der Waals surface area contributed by atoms with Crippen molar-refractivity contribution in [2.75, 3.05) is 0 Å². The van der Waals surface area contributed by atoms with Gasteiger partial charge in [0.05, 0.1) is 5.69 Å². The van der Waals surface area contributed by atoms with Crippen LogP contribution in [-0.4, -0.2) is 9.78 Å². The van der Waals surface area contributed by atoms with Crippen LogP contribution >= 0.6 is 31.9 Å². The van der Waals surface area contributed by atoms with Gasteiger partial charge in [-0.2, -0.15) is 5.10 Å². The van der Waals surface area contributed by atoms with E-state index in [-0.39, 0.29) is 0 Å². The average Bonchev–Trinajstić information content (AvgIpc) is 2.74. The molecule has 0 fully saturated rings. The van der Waals surface area contributed by atoms with Gasteiger partial charge in [0, 0.05) is 40.8 Å². The minimum Gasteiger partial charge on any atom is -0.308 e. The van der Waals surface area contributed by atoms with Crippen LogP contribution in [0.15, 0.2) is 33.3 Å². The monoisotopic (exact) mass is 385 g/mol. The van der Waals surface area contributed by atoms with Crippen molar-refractivity contribution in [3.8, 4) is 0 Å². The van der Waals surface area contributed by atoms with Crippen LogP contribution in [0.3, 0.4) is 0 Å². The molecular formula is C14H17Br2N3. The zero-order valence-electron chi connectivity index (χ0n) is 11.1. The Morgan fingerprint density at radius 2 is 2.00 bits per heavy atom. The molecule has 1 aromatic heterocycles. The van der Waals surface area contributed by atoms with Crippen LogP contribution in [0.2, 0.25) is 0 Å². The minimum absolute atomic E-state index is 0.851. The van der Waals surface area contributed by atoms with Gasteiger partial charge in [0.1, 0.15) is 0 Å². The van der Waals surface area contributed by atoms with E-state index in [4.69, 9.17) is 0 Å². The first kappa shape index (κ1) is 14.8. The largest absolute Gasteiger partial charge is 0.308 e. The maximum atomic E-state index is 4.44. The quantitative estimate of drug-likeness (QED) is 0.846. The van der Waals surface area contributed by atoms with Gasteiger partial charge < -0.3 is 5.32 Å². The molecule has 0 aliphatic heterocycles. The van der Waals surface area contributed by atoms with Gasteiger partial charge >= 0.3 is 0 Å². The first-order chi connectivity index (χ1) is 9.10. The predicted octanol–water partition coefficient (Wildman–Crippen LogP) is 3.80. The van der Waals surface area contributed by atoms with E-state index in [9.17, 15) is 0 Å². The number of benzene rings is 1. The molecule has 5 heteroatoms. The second kappa shape index (κ2) is 6.68. The standard InChI is InChI=1S/C14H17Br2N3/c1-3-14-11(9-19(2)18-14)8-17-7-10-4-5-12(15)13(16)6-10/h4-6,9,17H,3,7-8H2,1-2H3. The molecule has 0 bridgehead atoms. The molecule has 0 aliphatic rings. The Balaban J connectivity index is 1.94. The Hall–Kier alpha value is -0.650. The second-order valence-corrected chi connectivity index (χ2v) is 6.19. The molecule has 0 aliphatic carbocycles. The van der Waals surface area contributed by atoms with E-state index in [0.29, 0.717) is 0 Å². The third-order valence-electron chi connectivity index (χ3n) is 2.96. The highest BCUT2D eigenvalue weighted by atomic mass is 79.9. The Bertz CT molecular complexity index is 564. The summed E-state index contributed by atoms with van der Waals surface area (Å²) in [7, 11) is 1.97. The van der Waals surface area contributed by atoms with Gasteiger partial charge in [0.25, 0.3) is 0 Å². The van der Waals surface area contributed by atoms with E-state index in [1.165, 1.54) is 16.8 Å². The van der Waals surface area contributed by atoms with Crippen LogP contribution in [0, 0.1) is 0 Å². The molecule has 1 heterocycles. The fourth-order valence-electron chi connectivity index (χ4n) is 2.02. The summed E-state index contributed by atoms with van der Waals surface area (Å²) in [6.45, 7) is 3.84. The smallest absolute Gasteiger partial charge is 0.0666 e. The van der Waals surface area contributed by atoms with Crippen molar-refractivity contribution in [2.45, 2.75) is 26.4 Å². The molecule has 1 N–H and O–H groups in total. The zero-order chi connectivity index (χ0) is 13.8. The van der Waals surface area contributed by atoms with Gasteiger partial charge in [-0.1, -0.05) is 13.0 Å². The maximum Gasteiger partial charge on any atom is 0.0666 e. The van der Waals surface area contributed by atoms with Crippen molar-refractivity contribution in [1.29, 1.82) is 0 Å². The summed E-state index contributed by atoms with van der Waals surface area (Å²) in [6, 6.07) is 6.30. The van der Waals surface area contributed by atoms with Gasteiger partial charge in [-0.25, -0.2) is 0 Å². The molecule has 1 aromatic carbocycles. The van der Waals surface area contributed by atoms with Gasteiger partial charge in [-0.3, -0.25) is 4.68 Å². The van der Waals surface area contributed by atoms with Gasteiger partial charge in [0.15, 0.2) is 0 Å². The Labute approximate surface area is 130 Å². The lowest BCUT2D eigenvalue weighted by Gasteiger charge is -2.06. The molecule has 19 heavy (non-hydrogen) atoms. The summed E-state index contributed by atoms with van der Waals surface area (Å²) in [5.74, 6) is 0. The van der Waals surface area contributed by atoms with E-state index in [1.807, 2.05) is 11.7 Å². The summed E-state index contributed by atoms with van der Waals surface area (Å²) >= 11 is 7.00. The fourth-order valence-corrected chi connectivity index (χ4v) is 2.69. The minimum atomic E-state index is 0.851. The number of aryl methyl sites for hydroxylation is 2. The van der Waals surface area contributed by atoms with Crippen LogP contribution in [0.25, 0.3) is 0 Å². The van der Waals surface area contributed by atoms with E-state index < -0.39 is 0 Å². The number of halogens is 2. The fraction of sp³-hybridized carbons (Fsp3) is 0.357. The lowest BCUT2D eigenvalue weighted by atomic mass is 10.2. The molecule has 0 saturated heterocycles. The van der Waals surface area contributed by atoms with E-state index >= 15 is 0 Å². The molecule has 102 valence electrons. The van der Waals surface area contributed by atoms with E-state index in [1.54, 1.807) is 0 Å². The van der Waals surface area contributed by atoms with Crippen molar-refractivity contribution < 1.29 is 0 Å². The normalized spacial score (nSPS) is 10.9. The molecule has 3 nitrogen and oxygen atoms in total. The van der Waals surface area contributed by atoms with E-state index in [0.717, 1.165) is 28.5 Å². The van der Waals surface area contributed by atoms with Crippen molar-refractivity contribution in [2.24, 2.45) is 7.05 Å². The SMILES string of the molecule is CCc1nn(C)cc1CNCc1ccc(Br)c(Br)c1. The van der Waals surface area contributed by atoms with Crippen molar-refractivity contribution in [3.63, 3.8) is 0 Å². The molecule has 0 atom stereocenters. The number of hydrogen-bond donors (Lipinski definition) is 1. The van der Waals surface area contributed by atoms with Crippen LogP contribution < -0.4 is 5.32 Å². The number of aromatic nitrogens is 2. The number of nitrogens with one attached hydrogen (secondary N) is 1. The predicted molar refractivity (Wildman–Crippen MR) is 85.0 cm³/mol. The zero-order valence-corrected chi connectivity index (χ0v) is 14.3. The first-order valence-electron chi connectivity index (χ1n) is 6.26. The van der Waals surface area contributed by atoms with Crippen molar-refractivity contribution >= 4 is 31.9 Å². The van der Waals surface area contributed by atoms with Crippen LogP contribution in [0.5, 0.6) is 0 Å². The van der Waals surface area contributed by atoms with Gasteiger partial charge in [0.2, 0.25) is 0 Å². The van der Waals surface area contributed by atoms with Crippen LogP contribution in [0.1, 0.15) is 23.7 Å². The Morgan fingerprint density at radius 3 is 2.68 bits per heavy atom. The summed E-state index contributed by atoms with van der Waals surface area (Å²) in [6.07, 6.45) is 3.06. The molecule has 0 radical (unpaired) electrons. The Morgan fingerprint density at radius 1 is 1.21 bits per heavy atom. The third kappa shape index (κ3) is 3.91.